The molecule has 1 fully saturated rings. The zero-order valence-corrected chi connectivity index (χ0v) is 21.6. The Morgan fingerprint density at radius 2 is 1.69 bits per heavy atom. The Morgan fingerprint density at radius 3 is 2.23 bits per heavy atom. The van der Waals surface area contributed by atoms with Crippen molar-refractivity contribution in [1.82, 2.24) is 5.32 Å². The van der Waals surface area contributed by atoms with Gasteiger partial charge >= 0.3 is 0 Å². The fourth-order valence-corrected chi connectivity index (χ4v) is 4.94. The van der Waals surface area contributed by atoms with Gasteiger partial charge < -0.3 is 24.8 Å². The zero-order valence-electron chi connectivity index (χ0n) is 20.7. The lowest BCUT2D eigenvalue weighted by molar-refractivity contribution is -0.136. The first-order valence-electron chi connectivity index (χ1n) is 12.0. The maximum atomic E-state index is 13.6. The molecule has 7 nitrogen and oxygen atoms in total. The molecule has 0 bridgehead atoms. The van der Waals surface area contributed by atoms with Crippen LogP contribution >= 0.6 is 12.6 Å². The van der Waals surface area contributed by atoms with Crippen LogP contribution in [0.25, 0.3) is 0 Å². The summed E-state index contributed by atoms with van der Waals surface area (Å²) in [5.41, 5.74) is 0.862. The topological polar surface area (TPSA) is 85.9 Å². The number of hydrogen-bond donors (Lipinski definition) is 3. The van der Waals surface area contributed by atoms with Crippen molar-refractivity contribution in [3.05, 3.63) is 54.1 Å². The van der Waals surface area contributed by atoms with E-state index in [1.165, 1.54) is 0 Å². The van der Waals surface area contributed by atoms with Gasteiger partial charge in [-0.2, -0.15) is 12.6 Å². The summed E-state index contributed by atoms with van der Waals surface area (Å²) in [6.07, 6.45) is 3.51. The Balaban J connectivity index is 1.79. The molecule has 190 valence electrons. The van der Waals surface area contributed by atoms with E-state index in [0.717, 1.165) is 18.4 Å². The molecule has 1 aliphatic rings. The van der Waals surface area contributed by atoms with Crippen LogP contribution in [0.3, 0.4) is 0 Å². The Hall–Kier alpha value is -2.71. The van der Waals surface area contributed by atoms with Crippen LogP contribution in [0, 0.1) is 5.41 Å². The fraction of sp³-hybridized carbons (Fsp3) is 0.481. The molecule has 0 radical (unpaired) electrons. The van der Waals surface area contributed by atoms with Gasteiger partial charge in [0.15, 0.2) is 0 Å². The number of carbonyl (C=O) groups excluding carboxylic acids is 2. The van der Waals surface area contributed by atoms with Gasteiger partial charge in [0.25, 0.3) is 0 Å². The van der Waals surface area contributed by atoms with Crippen LogP contribution in [0.15, 0.2) is 48.5 Å². The molecule has 0 saturated heterocycles. The quantitative estimate of drug-likeness (QED) is 0.402. The van der Waals surface area contributed by atoms with Crippen molar-refractivity contribution in [3.8, 4) is 11.5 Å². The monoisotopic (exact) mass is 500 g/mol. The highest BCUT2D eigenvalue weighted by molar-refractivity contribution is 7.80. The molecule has 2 N–H and O–H groups in total. The average Bonchev–Trinajstić information content (AvgIpc) is 2.89. The maximum absolute atomic E-state index is 13.6. The summed E-state index contributed by atoms with van der Waals surface area (Å²) >= 11 is 4.54. The van der Waals surface area contributed by atoms with Crippen LogP contribution < -0.4 is 20.1 Å². The van der Waals surface area contributed by atoms with Gasteiger partial charge in [0.2, 0.25) is 11.8 Å². The highest BCUT2D eigenvalue weighted by Gasteiger charge is 2.42. The lowest BCUT2D eigenvalue weighted by atomic mass is 9.73. The van der Waals surface area contributed by atoms with Crippen molar-refractivity contribution in [1.29, 1.82) is 0 Å². The van der Waals surface area contributed by atoms with E-state index < -0.39 is 11.5 Å². The number of ether oxygens (including phenoxy) is 3. The molecule has 2 aromatic carbocycles. The summed E-state index contributed by atoms with van der Waals surface area (Å²) in [6, 6.07) is 14.1. The predicted molar refractivity (Wildman–Crippen MR) is 140 cm³/mol. The molecule has 0 heterocycles. The average molecular weight is 501 g/mol. The Morgan fingerprint density at radius 1 is 1.06 bits per heavy atom. The van der Waals surface area contributed by atoms with Crippen molar-refractivity contribution in [2.24, 2.45) is 5.41 Å². The Bertz CT molecular complexity index is 955. The summed E-state index contributed by atoms with van der Waals surface area (Å²) < 4.78 is 16.4. The van der Waals surface area contributed by atoms with Gasteiger partial charge in [0, 0.05) is 42.7 Å². The van der Waals surface area contributed by atoms with Gasteiger partial charge in [0.1, 0.15) is 17.5 Å². The minimum Gasteiger partial charge on any atom is -0.497 e. The van der Waals surface area contributed by atoms with Crippen LogP contribution in [0.5, 0.6) is 11.5 Å². The van der Waals surface area contributed by atoms with E-state index in [-0.39, 0.29) is 17.9 Å². The minimum absolute atomic E-state index is 0.137. The number of methoxy groups -OCH3 is 2. The number of thiol groups is 1. The molecule has 35 heavy (non-hydrogen) atoms. The second-order valence-electron chi connectivity index (χ2n) is 8.90. The predicted octanol–water partition coefficient (Wildman–Crippen LogP) is 4.27. The minimum atomic E-state index is -0.761. The number of anilines is 1. The highest BCUT2D eigenvalue weighted by atomic mass is 32.1. The lowest BCUT2D eigenvalue weighted by Gasteiger charge is -2.38. The van der Waals surface area contributed by atoms with Crippen molar-refractivity contribution in [2.75, 3.05) is 31.9 Å². The number of amides is 2. The van der Waals surface area contributed by atoms with Gasteiger partial charge in [-0.1, -0.05) is 30.3 Å². The highest BCUT2D eigenvalue weighted by Crippen LogP contribution is 2.39. The van der Waals surface area contributed by atoms with Crippen molar-refractivity contribution in [3.63, 3.8) is 0 Å². The van der Waals surface area contributed by atoms with Crippen LogP contribution in [0.4, 0.5) is 5.69 Å². The first-order valence-corrected chi connectivity index (χ1v) is 12.7. The molecule has 0 aromatic heterocycles. The van der Waals surface area contributed by atoms with Crippen LogP contribution in [0.2, 0.25) is 0 Å². The molecule has 1 saturated carbocycles. The van der Waals surface area contributed by atoms with Gasteiger partial charge in [0.05, 0.1) is 25.7 Å². The van der Waals surface area contributed by atoms with Crippen LogP contribution in [-0.2, 0) is 20.7 Å². The number of hydrogen-bond acceptors (Lipinski definition) is 6. The molecule has 3 rings (SSSR count). The van der Waals surface area contributed by atoms with Crippen molar-refractivity contribution >= 4 is 30.1 Å². The standard InChI is InChI=1S/C27H36N2O5S/c1-4-34-21-10-12-27(18-35,13-11-21)26(31)29-24(14-19-8-6-5-7-9-19)25(30)28-20-15-22(32-2)17-23(16-20)33-3/h5-9,15-17,21,24,35H,4,10-14,18H2,1-3H3,(H,28,30)(H,29,31)/t21-,24-,27+/m0/s1. The van der Waals surface area contributed by atoms with E-state index in [9.17, 15) is 9.59 Å². The van der Waals surface area contributed by atoms with Gasteiger partial charge in [-0.15, -0.1) is 0 Å². The number of benzene rings is 2. The maximum Gasteiger partial charge on any atom is 0.247 e. The first-order chi connectivity index (χ1) is 16.9. The summed E-state index contributed by atoms with van der Waals surface area (Å²) in [5, 5.41) is 5.97. The molecular weight excluding hydrogens is 464 g/mol. The van der Waals surface area contributed by atoms with Gasteiger partial charge in [-0.3, -0.25) is 9.59 Å². The summed E-state index contributed by atoms with van der Waals surface area (Å²) in [6.45, 7) is 2.65. The number of rotatable bonds is 11. The van der Waals surface area contributed by atoms with E-state index in [0.29, 0.717) is 48.8 Å². The molecular formula is C27H36N2O5S. The number of carbonyl (C=O) groups is 2. The van der Waals surface area contributed by atoms with E-state index >= 15 is 0 Å². The SMILES string of the molecule is CCO[C@H]1CC[C@@](CS)(C(=O)N[C@@H](Cc2ccccc2)C(=O)Nc2cc(OC)cc(OC)c2)CC1. The Kier molecular flexibility index (Phi) is 9.86. The van der Waals surface area contributed by atoms with Crippen molar-refractivity contribution < 1.29 is 23.8 Å². The van der Waals surface area contributed by atoms with E-state index in [4.69, 9.17) is 14.2 Å². The van der Waals surface area contributed by atoms with E-state index in [1.54, 1.807) is 32.4 Å². The molecule has 2 amide bonds. The fourth-order valence-electron chi connectivity index (χ4n) is 4.48. The first kappa shape index (κ1) is 26.9. The van der Waals surface area contributed by atoms with E-state index in [1.807, 2.05) is 37.3 Å². The van der Waals surface area contributed by atoms with Crippen LogP contribution in [-0.4, -0.2) is 50.5 Å². The third kappa shape index (κ3) is 7.15. The molecule has 1 atom stereocenters. The summed E-state index contributed by atoms with van der Waals surface area (Å²) in [5.74, 6) is 1.09. The summed E-state index contributed by atoms with van der Waals surface area (Å²) in [4.78, 5) is 27.0. The van der Waals surface area contributed by atoms with Gasteiger partial charge in [-0.25, -0.2) is 0 Å². The largest absolute Gasteiger partial charge is 0.497 e. The molecule has 0 unspecified atom stereocenters. The molecule has 8 heteroatoms. The smallest absolute Gasteiger partial charge is 0.247 e. The normalized spacial score (nSPS) is 20.5. The van der Waals surface area contributed by atoms with Gasteiger partial charge in [-0.05, 0) is 38.2 Å². The third-order valence-corrected chi connectivity index (χ3v) is 7.21. The second kappa shape index (κ2) is 12.8. The third-order valence-electron chi connectivity index (χ3n) is 6.60. The number of nitrogens with one attached hydrogen (secondary N) is 2. The Labute approximate surface area is 213 Å². The van der Waals surface area contributed by atoms with Crippen molar-refractivity contribution in [2.45, 2.75) is 51.2 Å². The van der Waals surface area contributed by atoms with Crippen LogP contribution in [0.1, 0.15) is 38.2 Å². The molecule has 0 aliphatic heterocycles. The molecule has 0 spiro atoms. The van der Waals surface area contributed by atoms with E-state index in [2.05, 4.69) is 23.3 Å². The summed E-state index contributed by atoms with van der Waals surface area (Å²) in [7, 11) is 3.10. The molecule has 1 aliphatic carbocycles. The lowest BCUT2D eigenvalue weighted by Crippen LogP contribution is -2.53. The zero-order chi connectivity index (χ0) is 25.3. The molecule has 2 aromatic rings. The second-order valence-corrected chi connectivity index (χ2v) is 9.22.